The third kappa shape index (κ3) is 6.38. The average Bonchev–Trinajstić information content (AvgIpc) is 2.61. The molecule has 1 aromatic heterocycles. The topological polar surface area (TPSA) is 66.5 Å². The van der Waals surface area contributed by atoms with Gasteiger partial charge in [-0.05, 0) is 36.9 Å². The van der Waals surface area contributed by atoms with Gasteiger partial charge in [0, 0.05) is 31.4 Å². The van der Waals surface area contributed by atoms with Gasteiger partial charge in [0.1, 0.15) is 0 Å². The number of aromatic nitrogens is 1. The smallest absolute Gasteiger partial charge is 0.188 e. The van der Waals surface area contributed by atoms with E-state index >= 15 is 0 Å². The van der Waals surface area contributed by atoms with Crippen molar-refractivity contribution in [2.45, 2.75) is 26.4 Å². The van der Waals surface area contributed by atoms with Crippen molar-refractivity contribution in [3.8, 4) is 0 Å². The van der Waals surface area contributed by atoms with Crippen LogP contribution in [-0.2, 0) is 19.5 Å². The van der Waals surface area contributed by atoms with E-state index in [1.165, 1.54) is 11.1 Å². The van der Waals surface area contributed by atoms with Crippen molar-refractivity contribution >= 4 is 5.96 Å². The summed E-state index contributed by atoms with van der Waals surface area (Å²) < 4.78 is 0. The Morgan fingerprint density at radius 2 is 2.04 bits per heavy atom. The van der Waals surface area contributed by atoms with Crippen LogP contribution in [0.2, 0.25) is 0 Å². The third-order valence-corrected chi connectivity index (χ3v) is 3.83. The van der Waals surface area contributed by atoms with E-state index in [0.29, 0.717) is 12.5 Å². The first-order chi connectivity index (χ1) is 11.7. The van der Waals surface area contributed by atoms with Crippen molar-refractivity contribution in [3.05, 3.63) is 65.5 Å². The number of nitrogens with two attached hydrogens (primary N) is 1. The second-order valence-electron chi connectivity index (χ2n) is 5.85. The first kappa shape index (κ1) is 17.9. The SMILES string of the molecule is CCN(C)Cc1cccc(CN=C(N)NCCc2ccccn2)c1. The molecule has 24 heavy (non-hydrogen) atoms. The van der Waals surface area contributed by atoms with Gasteiger partial charge in [-0.25, -0.2) is 4.99 Å². The molecule has 0 spiro atoms. The van der Waals surface area contributed by atoms with Crippen molar-refractivity contribution in [2.24, 2.45) is 10.7 Å². The number of rotatable bonds is 8. The summed E-state index contributed by atoms with van der Waals surface area (Å²) in [5, 5.41) is 3.14. The zero-order valence-electron chi connectivity index (χ0n) is 14.6. The maximum atomic E-state index is 5.94. The van der Waals surface area contributed by atoms with Crippen LogP contribution >= 0.6 is 0 Å². The summed E-state index contributed by atoms with van der Waals surface area (Å²) in [6.45, 7) is 5.46. The number of nitrogens with one attached hydrogen (secondary N) is 1. The van der Waals surface area contributed by atoms with Gasteiger partial charge in [0.05, 0.1) is 6.54 Å². The molecule has 0 saturated carbocycles. The molecule has 0 atom stereocenters. The average molecular weight is 325 g/mol. The molecule has 2 rings (SSSR count). The fourth-order valence-electron chi connectivity index (χ4n) is 2.35. The summed E-state index contributed by atoms with van der Waals surface area (Å²) in [5.41, 5.74) is 9.46. The van der Waals surface area contributed by atoms with Crippen LogP contribution in [0.3, 0.4) is 0 Å². The highest BCUT2D eigenvalue weighted by atomic mass is 15.1. The van der Waals surface area contributed by atoms with Crippen molar-refractivity contribution < 1.29 is 0 Å². The molecule has 128 valence electrons. The summed E-state index contributed by atoms with van der Waals surface area (Å²) in [6, 6.07) is 14.4. The van der Waals surface area contributed by atoms with Crippen LogP contribution in [0.25, 0.3) is 0 Å². The normalized spacial score (nSPS) is 11.7. The number of aliphatic imine (C=N–C) groups is 1. The van der Waals surface area contributed by atoms with Gasteiger partial charge in [-0.15, -0.1) is 0 Å². The molecule has 0 fully saturated rings. The van der Waals surface area contributed by atoms with Gasteiger partial charge in [0.2, 0.25) is 0 Å². The quantitative estimate of drug-likeness (QED) is 0.577. The van der Waals surface area contributed by atoms with Crippen molar-refractivity contribution in [1.82, 2.24) is 15.2 Å². The number of benzene rings is 1. The van der Waals surface area contributed by atoms with Crippen LogP contribution in [0.15, 0.2) is 53.7 Å². The van der Waals surface area contributed by atoms with Crippen LogP contribution in [0.1, 0.15) is 23.7 Å². The van der Waals surface area contributed by atoms with Crippen molar-refractivity contribution in [3.63, 3.8) is 0 Å². The first-order valence-corrected chi connectivity index (χ1v) is 8.37. The summed E-state index contributed by atoms with van der Waals surface area (Å²) >= 11 is 0. The molecule has 1 heterocycles. The zero-order chi connectivity index (χ0) is 17.2. The Morgan fingerprint density at radius 1 is 1.21 bits per heavy atom. The minimum absolute atomic E-state index is 0.474. The predicted octanol–water partition coefficient (Wildman–Crippen LogP) is 2.18. The molecule has 0 saturated heterocycles. The number of guanidine groups is 1. The Bertz CT molecular complexity index is 639. The summed E-state index contributed by atoms with van der Waals surface area (Å²) in [5.74, 6) is 0.474. The van der Waals surface area contributed by atoms with Crippen LogP contribution in [0.4, 0.5) is 0 Å². The molecule has 0 bridgehead atoms. The second-order valence-corrected chi connectivity index (χ2v) is 5.85. The summed E-state index contributed by atoms with van der Waals surface area (Å²) in [7, 11) is 2.12. The monoisotopic (exact) mass is 325 g/mol. The Kier molecular flexibility index (Phi) is 7.23. The first-order valence-electron chi connectivity index (χ1n) is 8.37. The minimum atomic E-state index is 0.474. The molecule has 0 amide bonds. The maximum absolute atomic E-state index is 5.94. The van der Waals surface area contributed by atoms with E-state index in [4.69, 9.17) is 5.73 Å². The van der Waals surface area contributed by atoms with Gasteiger partial charge >= 0.3 is 0 Å². The number of nitrogens with zero attached hydrogens (tertiary/aromatic N) is 3. The number of pyridine rings is 1. The summed E-state index contributed by atoms with van der Waals surface area (Å²) in [6.07, 6.45) is 2.63. The molecule has 0 aliphatic heterocycles. The van der Waals surface area contributed by atoms with E-state index in [-0.39, 0.29) is 0 Å². The fraction of sp³-hybridized carbons (Fsp3) is 0.368. The third-order valence-electron chi connectivity index (χ3n) is 3.83. The van der Waals surface area contributed by atoms with E-state index < -0.39 is 0 Å². The summed E-state index contributed by atoms with van der Waals surface area (Å²) in [4.78, 5) is 11.0. The van der Waals surface area contributed by atoms with Crippen LogP contribution in [0, 0.1) is 0 Å². The van der Waals surface area contributed by atoms with Crippen molar-refractivity contribution in [1.29, 1.82) is 0 Å². The van der Waals surface area contributed by atoms with Crippen LogP contribution < -0.4 is 11.1 Å². The molecule has 5 nitrogen and oxygen atoms in total. The van der Waals surface area contributed by atoms with Gasteiger partial charge < -0.3 is 16.0 Å². The zero-order valence-corrected chi connectivity index (χ0v) is 14.6. The largest absolute Gasteiger partial charge is 0.370 e. The lowest BCUT2D eigenvalue weighted by Crippen LogP contribution is -2.33. The Morgan fingerprint density at radius 3 is 2.79 bits per heavy atom. The van der Waals surface area contributed by atoms with E-state index in [2.05, 4.69) is 58.4 Å². The highest BCUT2D eigenvalue weighted by Gasteiger charge is 2.00. The molecule has 2 aromatic rings. The van der Waals surface area contributed by atoms with Gasteiger partial charge in [-0.3, -0.25) is 4.98 Å². The van der Waals surface area contributed by atoms with E-state index in [1.807, 2.05) is 18.2 Å². The van der Waals surface area contributed by atoms with E-state index in [1.54, 1.807) is 6.20 Å². The van der Waals surface area contributed by atoms with Gasteiger partial charge in [0.15, 0.2) is 5.96 Å². The Hall–Kier alpha value is -2.40. The predicted molar refractivity (Wildman–Crippen MR) is 99.7 cm³/mol. The number of hydrogen-bond donors (Lipinski definition) is 2. The van der Waals surface area contributed by atoms with Gasteiger partial charge in [0.25, 0.3) is 0 Å². The van der Waals surface area contributed by atoms with Gasteiger partial charge in [-0.1, -0.05) is 37.3 Å². The highest BCUT2D eigenvalue weighted by molar-refractivity contribution is 5.77. The molecular formula is C19H27N5. The molecular weight excluding hydrogens is 298 g/mol. The Balaban J connectivity index is 1.80. The molecule has 0 unspecified atom stereocenters. The van der Waals surface area contributed by atoms with Crippen LogP contribution in [0.5, 0.6) is 0 Å². The van der Waals surface area contributed by atoms with E-state index in [9.17, 15) is 0 Å². The van der Waals surface area contributed by atoms with Gasteiger partial charge in [-0.2, -0.15) is 0 Å². The maximum Gasteiger partial charge on any atom is 0.188 e. The second kappa shape index (κ2) is 9.67. The molecule has 5 heteroatoms. The molecule has 1 aromatic carbocycles. The lowest BCUT2D eigenvalue weighted by Gasteiger charge is -2.14. The highest BCUT2D eigenvalue weighted by Crippen LogP contribution is 2.08. The molecule has 0 aliphatic rings. The van der Waals surface area contributed by atoms with Crippen LogP contribution in [-0.4, -0.2) is 36.0 Å². The lowest BCUT2D eigenvalue weighted by atomic mass is 10.1. The standard InChI is InChI=1S/C19H27N5/c1-3-24(2)15-17-8-6-7-16(13-17)14-23-19(20)22-12-10-18-9-4-5-11-21-18/h4-9,11,13H,3,10,12,14-15H2,1-2H3,(H3,20,22,23). The Labute approximate surface area is 144 Å². The molecule has 0 aliphatic carbocycles. The van der Waals surface area contributed by atoms with E-state index in [0.717, 1.165) is 31.7 Å². The molecule has 3 N–H and O–H groups in total. The van der Waals surface area contributed by atoms with Crippen molar-refractivity contribution in [2.75, 3.05) is 20.1 Å². The lowest BCUT2D eigenvalue weighted by molar-refractivity contribution is 0.345. The minimum Gasteiger partial charge on any atom is -0.370 e. The molecule has 0 radical (unpaired) electrons. The number of hydrogen-bond acceptors (Lipinski definition) is 3. The fourth-order valence-corrected chi connectivity index (χ4v) is 2.35.